The van der Waals surface area contributed by atoms with Crippen molar-refractivity contribution < 1.29 is 4.79 Å². The topological polar surface area (TPSA) is 32.3 Å². The van der Waals surface area contributed by atoms with Crippen molar-refractivity contribution in [3.63, 3.8) is 0 Å². The molecule has 1 aliphatic heterocycles. The first-order valence-electron chi connectivity index (χ1n) is 5.84. The molecule has 1 heterocycles. The molecule has 0 aromatic heterocycles. The number of carbonyl (C=O) groups excluding carboxylic acids is 1. The highest BCUT2D eigenvalue weighted by Gasteiger charge is 2.26. The maximum absolute atomic E-state index is 11.3. The summed E-state index contributed by atoms with van der Waals surface area (Å²) in [5.41, 5.74) is 0. The van der Waals surface area contributed by atoms with Gasteiger partial charge < -0.3 is 10.2 Å². The zero-order chi connectivity index (χ0) is 10.7. The van der Waals surface area contributed by atoms with Crippen molar-refractivity contribution in [3.05, 3.63) is 0 Å². The molecule has 86 valence electrons. The van der Waals surface area contributed by atoms with Gasteiger partial charge in [0.1, 0.15) is 5.88 Å². The Kier molecular flexibility index (Phi) is 3.87. The molecule has 1 N–H and O–H groups in total. The van der Waals surface area contributed by atoms with Crippen molar-refractivity contribution in [1.82, 2.24) is 10.2 Å². The fourth-order valence-corrected chi connectivity index (χ4v) is 2.29. The summed E-state index contributed by atoms with van der Waals surface area (Å²) in [5, 5.41) is 3.50. The summed E-state index contributed by atoms with van der Waals surface area (Å²) in [5.74, 6) is 1.78. The number of nitrogens with zero attached hydrogens (tertiary/aromatic N) is 1. The van der Waals surface area contributed by atoms with Gasteiger partial charge >= 0.3 is 0 Å². The number of nitrogens with one attached hydrogen (secondary N) is 1. The molecular weight excluding hydrogens is 212 g/mol. The van der Waals surface area contributed by atoms with E-state index in [9.17, 15) is 4.79 Å². The first-order chi connectivity index (χ1) is 7.29. The van der Waals surface area contributed by atoms with E-state index in [1.54, 1.807) is 0 Å². The molecule has 1 saturated heterocycles. The van der Waals surface area contributed by atoms with E-state index in [4.69, 9.17) is 11.6 Å². The number of amides is 1. The van der Waals surface area contributed by atoms with E-state index in [2.05, 4.69) is 5.32 Å². The summed E-state index contributed by atoms with van der Waals surface area (Å²) >= 11 is 5.53. The number of hydrogen-bond donors (Lipinski definition) is 1. The Hall–Kier alpha value is -0.280. The Labute approximate surface area is 96.2 Å². The van der Waals surface area contributed by atoms with Gasteiger partial charge in [-0.05, 0) is 44.2 Å². The van der Waals surface area contributed by atoms with Gasteiger partial charge in [-0.2, -0.15) is 0 Å². The lowest BCUT2D eigenvalue weighted by Gasteiger charge is -2.15. The Balaban J connectivity index is 1.61. The van der Waals surface area contributed by atoms with E-state index < -0.39 is 0 Å². The summed E-state index contributed by atoms with van der Waals surface area (Å²) in [4.78, 5) is 13.2. The van der Waals surface area contributed by atoms with Crippen LogP contribution in [0.25, 0.3) is 0 Å². The van der Waals surface area contributed by atoms with Crippen LogP contribution in [-0.4, -0.2) is 42.9 Å². The van der Waals surface area contributed by atoms with Crippen LogP contribution < -0.4 is 5.32 Å². The first-order valence-corrected chi connectivity index (χ1v) is 6.37. The fourth-order valence-electron chi connectivity index (χ4n) is 2.12. The minimum atomic E-state index is 0.0846. The predicted octanol–water partition coefficient (Wildman–Crippen LogP) is 1.07. The second-order valence-corrected chi connectivity index (χ2v) is 5.00. The molecule has 0 bridgehead atoms. The van der Waals surface area contributed by atoms with Crippen LogP contribution >= 0.6 is 11.6 Å². The van der Waals surface area contributed by atoms with Crippen LogP contribution in [0.4, 0.5) is 0 Å². The lowest BCUT2D eigenvalue weighted by atomic mass is 10.1. The first kappa shape index (κ1) is 11.2. The van der Waals surface area contributed by atoms with Crippen LogP contribution in [-0.2, 0) is 4.79 Å². The standard InChI is InChI=1S/C11H19ClN2O/c12-5-11(15)14-4-3-10(8-14)7-13-6-9-1-2-9/h9-10,13H,1-8H2. The third kappa shape index (κ3) is 3.35. The van der Waals surface area contributed by atoms with E-state index in [1.165, 1.54) is 19.4 Å². The zero-order valence-corrected chi connectivity index (χ0v) is 9.80. The Morgan fingerprint density at radius 1 is 1.27 bits per heavy atom. The molecule has 2 aliphatic rings. The summed E-state index contributed by atoms with van der Waals surface area (Å²) in [6, 6.07) is 0. The Bertz CT molecular complexity index is 231. The summed E-state index contributed by atoms with van der Waals surface area (Å²) < 4.78 is 0. The van der Waals surface area contributed by atoms with Crippen LogP contribution in [0.3, 0.4) is 0 Å². The molecule has 1 aliphatic carbocycles. The van der Waals surface area contributed by atoms with Crippen molar-refractivity contribution in [1.29, 1.82) is 0 Å². The second-order valence-electron chi connectivity index (χ2n) is 4.73. The minimum Gasteiger partial charge on any atom is -0.341 e. The average Bonchev–Trinajstić information content (AvgIpc) is 2.94. The highest BCUT2D eigenvalue weighted by molar-refractivity contribution is 6.27. The van der Waals surface area contributed by atoms with Crippen molar-refractivity contribution in [2.75, 3.05) is 32.1 Å². The molecule has 3 nitrogen and oxygen atoms in total. The number of alkyl halides is 1. The van der Waals surface area contributed by atoms with Crippen molar-refractivity contribution in [2.24, 2.45) is 11.8 Å². The average molecular weight is 231 g/mol. The van der Waals surface area contributed by atoms with Gasteiger partial charge in [0.15, 0.2) is 0 Å². The van der Waals surface area contributed by atoms with Crippen LogP contribution in [0.2, 0.25) is 0 Å². The molecule has 2 fully saturated rings. The number of carbonyl (C=O) groups is 1. The lowest BCUT2D eigenvalue weighted by molar-refractivity contribution is -0.127. The van der Waals surface area contributed by atoms with Crippen molar-refractivity contribution >= 4 is 17.5 Å². The molecule has 2 rings (SSSR count). The largest absolute Gasteiger partial charge is 0.341 e. The van der Waals surface area contributed by atoms with Gasteiger partial charge in [-0.3, -0.25) is 4.79 Å². The predicted molar refractivity (Wildman–Crippen MR) is 61.0 cm³/mol. The Morgan fingerprint density at radius 3 is 2.67 bits per heavy atom. The molecule has 0 radical (unpaired) electrons. The normalized spacial score (nSPS) is 25.9. The van der Waals surface area contributed by atoms with Gasteiger partial charge in [-0.25, -0.2) is 0 Å². The van der Waals surface area contributed by atoms with Gasteiger partial charge in [0, 0.05) is 13.1 Å². The molecule has 0 aromatic rings. The van der Waals surface area contributed by atoms with E-state index in [0.717, 1.165) is 32.0 Å². The Morgan fingerprint density at radius 2 is 2.00 bits per heavy atom. The fraction of sp³-hybridized carbons (Fsp3) is 0.909. The quantitative estimate of drug-likeness (QED) is 0.717. The highest BCUT2D eigenvalue weighted by atomic mass is 35.5. The summed E-state index contributed by atoms with van der Waals surface area (Å²) in [6.07, 6.45) is 3.92. The molecule has 1 saturated carbocycles. The molecule has 0 aromatic carbocycles. The van der Waals surface area contributed by atoms with E-state index in [0.29, 0.717) is 5.92 Å². The van der Waals surface area contributed by atoms with Gasteiger partial charge in [0.05, 0.1) is 0 Å². The number of halogens is 1. The van der Waals surface area contributed by atoms with E-state index in [1.807, 2.05) is 4.90 Å². The maximum atomic E-state index is 11.3. The minimum absolute atomic E-state index is 0.0846. The molecule has 1 unspecified atom stereocenters. The van der Waals surface area contributed by atoms with E-state index in [-0.39, 0.29) is 11.8 Å². The molecule has 15 heavy (non-hydrogen) atoms. The summed E-state index contributed by atoms with van der Waals surface area (Å²) in [6.45, 7) is 4.01. The molecular formula is C11H19ClN2O. The number of likely N-dealkylation sites (tertiary alicyclic amines) is 1. The lowest BCUT2D eigenvalue weighted by Crippen LogP contribution is -2.32. The SMILES string of the molecule is O=C(CCl)N1CCC(CNCC2CC2)C1. The smallest absolute Gasteiger partial charge is 0.237 e. The van der Waals surface area contributed by atoms with Crippen molar-refractivity contribution in [2.45, 2.75) is 19.3 Å². The third-order valence-corrected chi connectivity index (χ3v) is 3.54. The van der Waals surface area contributed by atoms with Crippen molar-refractivity contribution in [3.8, 4) is 0 Å². The number of rotatable bonds is 5. The van der Waals surface area contributed by atoms with Gasteiger partial charge in [-0.1, -0.05) is 0 Å². The van der Waals surface area contributed by atoms with Gasteiger partial charge in [0.25, 0.3) is 0 Å². The monoisotopic (exact) mass is 230 g/mol. The van der Waals surface area contributed by atoms with Crippen LogP contribution in [0.1, 0.15) is 19.3 Å². The molecule has 1 atom stereocenters. The van der Waals surface area contributed by atoms with Gasteiger partial charge in [-0.15, -0.1) is 11.6 Å². The van der Waals surface area contributed by atoms with Gasteiger partial charge in [0.2, 0.25) is 5.91 Å². The third-order valence-electron chi connectivity index (χ3n) is 3.32. The second kappa shape index (κ2) is 5.17. The van der Waals surface area contributed by atoms with E-state index >= 15 is 0 Å². The molecule has 1 amide bonds. The number of hydrogen-bond acceptors (Lipinski definition) is 2. The van der Waals surface area contributed by atoms with Crippen LogP contribution in [0, 0.1) is 11.8 Å². The van der Waals surface area contributed by atoms with Crippen LogP contribution in [0.15, 0.2) is 0 Å². The van der Waals surface area contributed by atoms with Crippen LogP contribution in [0.5, 0.6) is 0 Å². The zero-order valence-electron chi connectivity index (χ0n) is 9.04. The molecule has 0 spiro atoms. The highest BCUT2D eigenvalue weighted by Crippen LogP contribution is 2.27. The molecule has 4 heteroatoms. The summed E-state index contributed by atoms with van der Waals surface area (Å²) in [7, 11) is 0. The maximum Gasteiger partial charge on any atom is 0.237 e.